The summed E-state index contributed by atoms with van der Waals surface area (Å²) in [6, 6.07) is 5.74. The SMILES string of the molecule is CC(C)Oc1c(Cl)cccc1NC(=O)N1CC[C@H](N2CC=CC2)C1. The second-order valence-electron chi connectivity index (χ2n) is 6.53. The van der Waals surface area contributed by atoms with Crippen molar-refractivity contribution in [3.8, 4) is 5.75 Å². The predicted molar refractivity (Wildman–Crippen MR) is 96.9 cm³/mol. The molecule has 2 aliphatic rings. The standard InChI is InChI=1S/C18H24ClN3O2/c1-13(2)24-17-15(19)6-5-7-16(17)20-18(23)22-11-8-14(12-22)21-9-3-4-10-21/h3-7,13-14H,8-12H2,1-2H3,(H,20,23)/t14-/m0/s1. The molecule has 2 heterocycles. The lowest BCUT2D eigenvalue weighted by Crippen LogP contribution is -2.39. The zero-order chi connectivity index (χ0) is 17.1. The van der Waals surface area contributed by atoms with E-state index in [2.05, 4.69) is 22.4 Å². The maximum Gasteiger partial charge on any atom is 0.322 e. The molecule has 1 atom stereocenters. The number of nitrogens with zero attached hydrogens (tertiary/aromatic N) is 2. The van der Waals surface area contributed by atoms with Gasteiger partial charge >= 0.3 is 6.03 Å². The lowest BCUT2D eigenvalue weighted by molar-refractivity contribution is 0.211. The fourth-order valence-corrected chi connectivity index (χ4v) is 3.39. The van der Waals surface area contributed by atoms with E-state index < -0.39 is 0 Å². The van der Waals surface area contributed by atoms with Crippen molar-refractivity contribution in [2.75, 3.05) is 31.5 Å². The Labute approximate surface area is 148 Å². The number of hydrogen-bond donors (Lipinski definition) is 1. The highest BCUT2D eigenvalue weighted by Gasteiger charge is 2.30. The van der Waals surface area contributed by atoms with E-state index in [4.69, 9.17) is 16.3 Å². The molecule has 0 aromatic heterocycles. The van der Waals surface area contributed by atoms with Crippen LogP contribution in [-0.2, 0) is 0 Å². The Bertz CT molecular complexity index is 625. The first-order valence-electron chi connectivity index (χ1n) is 8.44. The van der Waals surface area contributed by atoms with Gasteiger partial charge in [0.15, 0.2) is 5.75 Å². The molecule has 1 aromatic rings. The van der Waals surface area contributed by atoms with E-state index in [9.17, 15) is 4.79 Å². The van der Waals surface area contributed by atoms with Gasteiger partial charge in [-0.3, -0.25) is 4.90 Å². The number of amides is 2. The molecular weight excluding hydrogens is 326 g/mol. The lowest BCUT2D eigenvalue weighted by atomic mass is 10.2. The average Bonchev–Trinajstić information content (AvgIpc) is 3.20. The third kappa shape index (κ3) is 3.84. The molecule has 6 heteroatoms. The van der Waals surface area contributed by atoms with Gasteiger partial charge in [-0.15, -0.1) is 0 Å². The summed E-state index contributed by atoms with van der Waals surface area (Å²) in [5.41, 5.74) is 0.618. The Balaban J connectivity index is 1.64. The molecular formula is C18H24ClN3O2. The Kier molecular flexibility index (Phi) is 5.31. The number of nitrogens with one attached hydrogen (secondary N) is 1. The monoisotopic (exact) mass is 349 g/mol. The molecule has 1 N–H and O–H groups in total. The van der Waals surface area contributed by atoms with Crippen molar-refractivity contribution in [1.82, 2.24) is 9.80 Å². The number of rotatable bonds is 4. The van der Waals surface area contributed by atoms with Crippen molar-refractivity contribution >= 4 is 23.3 Å². The molecule has 130 valence electrons. The van der Waals surface area contributed by atoms with Gasteiger partial charge in [0.05, 0.1) is 16.8 Å². The molecule has 0 aliphatic carbocycles. The fourth-order valence-electron chi connectivity index (χ4n) is 3.17. The summed E-state index contributed by atoms with van der Waals surface area (Å²) in [7, 11) is 0. The lowest BCUT2D eigenvalue weighted by Gasteiger charge is -2.24. The number of carbonyl (C=O) groups is 1. The number of carbonyl (C=O) groups excluding carboxylic acids is 1. The van der Waals surface area contributed by atoms with Gasteiger partial charge in [0.1, 0.15) is 0 Å². The minimum absolute atomic E-state index is 0.0145. The number of para-hydroxylation sites is 1. The first-order chi connectivity index (χ1) is 11.5. The van der Waals surface area contributed by atoms with Crippen LogP contribution in [0.2, 0.25) is 5.02 Å². The highest BCUT2D eigenvalue weighted by Crippen LogP contribution is 2.34. The van der Waals surface area contributed by atoms with Crippen LogP contribution < -0.4 is 10.1 Å². The van der Waals surface area contributed by atoms with Crippen LogP contribution in [0.3, 0.4) is 0 Å². The van der Waals surface area contributed by atoms with E-state index in [0.717, 1.165) is 32.6 Å². The van der Waals surface area contributed by atoms with Gasteiger partial charge < -0.3 is 15.0 Å². The Morgan fingerprint density at radius 3 is 2.79 bits per heavy atom. The molecule has 0 bridgehead atoms. The Morgan fingerprint density at radius 1 is 1.33 bits per heavy atom. The second kappa shape index (κ2) is 7.45. The zero-order valence-corrected chi connectivity index (χ0v) is 14.9. The van der Waals surface area contributed by atoms with E-state index >= 15 is 0 Å². The summed E-state index contributed by atoms with van der Waals surface area (Å²) in [4.78, 5) is 16.9. The first kappa shape index (κ1) is 17.1. The maximum atomic E-state index is 12.6. The van der Waals surface area contributed by atoms with Gasteiger partial charge in [0, 0.05) is 32.2 Å². The Hall–Kier alpha value is -1.72. The molecule has 0 saturated carbocycles. The number of likely N-dealkylation sites (tertiary alicyclic amines) is 1. The normalized spacial score (nSPS) is 20.8. The third-order valence-electron chi connectivity index (χ3n) is 4.38. The van der Waals surface area contributed by atoms with E-state index in [1.807, 2.05) is 30.9 Å². The fraction of sp³-hybridized carbons (Fsp3) is 0.500. The minimum atomic E-state index is -0.0967. The van der Waals surface area contributed by atoms with Crippen LogP contribution in [0.4, 0.5) is 10.5 Å². The van der Waals surface area contributed by atoms with Crippen LogP contribution in [0.15, 0.2) is 30.4 Å². The molecule has 0 spiro atoms. The van der Waals surface area contributed by atoms with E-state index in [0.29, 0.717) is 22.5 Å². The zero-order valence-electron chi connectivity index (χ0n) is 14.2. The summed E-state index contributed by atoms with van der Waals surface area (Å²) in [6.45, 7) is 7.37. The molecule has 0 unspecified atom stereocenters. The summed E-state index contributed by atoms with van der Waals surface area (Å²) >= 11 is 6.22. The largest absolute Gasteiger partial charge is 0.487 e. The van der Waals surface area contributed by atoms with Gasteiger partial charge in [-0.1, -0.05) is 29.8 Å². The summed E-state index contributed by atoms with van der Waals surface area (Å²) < 4.78 is 5.76. The van der Waals surface area contributed by atoms with Crippen LogP contribution in [0.25, 0.3) is 0 Å². The van der Waals surface area contributed by atoms with E-state index in [-0.39, 0.29) is 12.1 Å². The van der Waals surface area contributed by atoms with Crippen molar-refractivity contribution < 1.29 is 9.53 Å². The van der Waals surface area contributed by atoms with E-state index in [1.165, 1.54) is 0 Å². The molecule has 1 aromatic carbocycles. The molecule has 2 amide bonds. The van der Waals surface area contributed by atoms with Gasteiger partial charge in [-0.05, 0) is 32.4 Å². The van der Waals surface area contributed by atoms with Crippen LogP contribution in [-0.4, -0.2) is 54.2 Å². The third-order valence-corrected chi connectivity index (χ3v) is 4.67. The first-order valence-corrected chi connectivity index (χ1v) is 8.82. The second-order valence-corrected chi connectivity index (χ2v) is 6.93. The molecule has 2 aliphatic heterocycles. The van der Waals surface area contributed by atoms with Gasteiger partial charge in [0.2, 0.25) is 0 Å². The van der Waals surface area contributed by atoms with Crippen molar-refractivity contribution in [2.45, 2.75) is 32.4 Å². The van der Waals surface area contributed by atoms with Crippen LogP contribution in [0, 0.1) is 0 Å². The van der Waals surface area contributed by atoms with Gasteiger partial charge in [-0.25, -0.2) is 4.79 Å². The van der Waals surface area contributed by atoms with Gasteiger partial charge in [-0.2, -0.15) is 0 Å². The van der Waals surface area contributed by atoms with Crippen LogP contribution in [0.1, 0.15) is 20.3 Å². The quantitative estimate of drug-likeness (QED) is 0.845. The molecule has 1 fully saturated rings. The molecule has 5 nitrogen and oxygen atoms in total. The molecule has 3 rings (SSSR count). The summed E-state index contributed by atoms with van der Waals surface area (Å²) in [6.07, 6.45) is 5.37. The minimum Gasteiger partial charge on any atom is -0.487 e. The molecule has 24 heavy (non-hydrogen) atoms. The summed E-state index contributed by atoms with van der Waals surface area (Å²) in [5, 5.41) is 3.46. The summed E-state index contributed by atoms with van der Waals surface area (Å²) in [5.74, 6) is 0.530. The predicted octanol–water partition coefficient (Wildman–Crippen LogP) is 3.61. The van der Waals surface area contributed by atoms with Crippen molar-refractivity contribution in [2.24, 2.45) is 0 Å². The number of urea groups is 1. The molecule has 1 saturated heterocycles. The van der Waals surface area contributed by atoms with Crippen molar-refractivity contribution in [3.05, 3.63) is 35.4 Å². The molecule has 0 radical (unpaired) electrons. The van der Waals surface area contributed by atoms with Crippen LogP contribution in [0.5, 0.6) is 5.75 Å². The highest BCUT2D eigenvalue weighted by molar-refractivity contribution is 6.32. The van der Waals surface area contributed by atoms with Gasteiger partial charge in [0.25, 0.3) is 0 Å². The smallest absolute Gasteiger partial charge is 0.322 e. The topological polar surface area (TPSA) is 44.8 Å². The number of halogens is 1. The maximum absolute atomic E-state index is 12.6. The number of anilines is 1. The van der Waals surface area contributed by atoms with Crippen molar-refractivity contribution in [3.63, 3.8) is 0 Å². The highest BCUT2D eigenvalue weighted by atomic mass is 35.5. The number of benzene rings is 1. The number of hydrogen-bond acceptors (Lipinski definition) is 3. The average molecular weight is 350 g/mol. The van der Waals surface area contributed by atoms with Crippen LogP contribution >= 0.6 is 11.6 Å². The van der Waals surface area contributed by atoms with E-state index in [1.54, 1.807) is 6.07 Å². The number of ether oxygens (including phenoxy) is 1. The Morgan fingerprint density at radius 2 is 2.08 bits per heavy atom. The van der Waals surface area contributed by atoms with Crippen molar-refractivity contribution in [1.29, 1.82) is 0 Å².